The summed E-state index contributed by atoms with van der Waals surface area (Å²) in [6.07, 6.45) is 3.20. The topological polar surface area (TPSA) is 76.1 Å². The van der Waals surface area contributed by atoms with Crippen LogP contribution in [0, 0.1) is 6.92 Å². The average molecular weight is 332 g/mol. The van der Waals surface area contributed by atoms with Crippen molar-refractivity contribution in [3.05, 3.63) is 23.3 Å². The Hall–Kier alpha value is -1.80. The quantitative estimate of drug-likeness (QED) is 0.919. The first-order valence-electron chi connectivity index (χ1n) is 7.94. The number of piperidine rings is 1. The Morgan fingerprint density at radius 3 is 3.09 bits per heavy atom. The van der Waals surface area contributed by atoms with Crippen LogP contribution in [0.4, 0.5) is 10.9 Å². The average Bonchev–Trinajstić information content (AvgIpc) is 3.21. The molecule has 8 heteroatoms. The van der Waals surface area contributed by atoms with Gasteiger partial charge >= 0.3 is 0 Å². The first-order valence-corrected chi connectivity index (χ1v) is 8.82. The summed E-state index contributed by atoms with van der Waals surface area (Å²) in [4.78, 5) is 2.30. The van der Waals surface area contributed by atoms with Crippen LogP contribution in [0.25, 0.3) is 0 Å². The first-order chi connectivity index (χ1) is 11.2. The van der Waals surface area contributed by atoms with Crippen LogP contribution < -0.4 is 10.2 Å². The minimum absolute atomic E-state index is 0.0836. The van der Waals surface area contributed by atoms with Gasteiger partial charge in [0, 0.05) is 19.5 Å². The van der Waals surface area contributed by atoms with Crippen LogP contribution in [0.3, 0.4) is 0 Å². The molecule has 0 saturated carbocycles. The predicted molar refractivity (Wildman–Crippen MR) is 88.8 cm³/mol. The minimum atomic E-state index is -0.0836. The standard InChI is InChI=1S/C15H20N6OS/c1-11-3-4-13(19-18-11)17-12-7-15(22-8-12)5-2-6-21(9-15)14-20-16-10-23-14/h3-4,10,12H,2,5-9H2,1H3,(H,17,19)/t12-,15-/m0/s1. The molecule has 0 aromatic carbocycles. The lowest BCUT2D eigenvalue weighted by atomic mass is 9.89. The largest absolute Gasteiger partial charge is 0.371 e. The highest BCUT2D eigenvalue weighted by molar-refractivity contribution is 7.13. The van der Waals surface area contributed by atoms with Crippen LogP contribution >= 0.6 is 11.3 Å². The van der Waals surface area contributed by atoms with Crippen molar-refractivity contribution in [3.63, 3.8) is 0 Å². The summed E-state index contributed by atoms with van der Waals surface area (Å²) in [6.45, 7) is 4.57. The Kier molecular flexibility index (Phi) is 3.86. The summed E-state index contributed by atoms with van der Waals surface area (Å²) in [5.74, 6) is 0.818. The van der Waals surface area contributed by atoms with E-state index in [1.807, 2.05) is 19.1 Å². The summed E-state index contributed by atoms with van der Waals surface area (Å²) in [5.41, 5.74) is 2.63. The molecule has 2 saturated heterocycles. The number of nitrogens with one attached hydrogen (secondary N) is 1. The van der Waals surface area contributed by atoms with Crippen molar-refractivity contribution in [2.75, 3.05) is 29.9 Å². The number of hydrogen-bond acceptors (Lipinski definition) is 8. The molecule has 0 unspecified atom stereocenters. The highest BCUT2D eigenvalue weighted by Gasteiger charge is 2.44. The van der Waals surface area contributed by atoms with E-state index >= 15 is 0 Å². The van der Waals surface area contributed by atoms with Gasteiger partial charge in [0.1, 0.15) is 11.3 Å². The Bertz CT molecular complexity index is 648. The normalized spacial score (nSPS) is 27.5. The maximum absolute atomic E-state index is 6.22. The second kappa shape index (κ2) is 6.01. The van der Waals surface area contributed by atoms with Crippen LogP contribution in [0.2, 0.25) is 0 Å². The summed E-state index contributed by atoms with van der Waals surface area (Å²) >= 11 is 1.59. The number of anilines is 2. The van der Waals surface area contributed by atoms with Gasteiger partial charge in [-0.3, -0.25) is 0 Å². The van der Waals surface area contributed by atoms with Crippen molar-refractivity contribution in [1.82, 2.24) is 20.4 Å². The van der Waals surface area contributed by atoms with Crippen molar-refractivity contribution in [3.8, 4) is 0 Å². The molecule has 23 heavy (non-hydrogen) atoms. The number of hydrogen-bond donors (Lipinski definition) is 1. The maximum atomic E-state index is 6.22. The zero-order chi connectivity index (χ0) is 15.7. The molecule has 2 aromatic rings. The van der Waals surface area contributed by atoms with Crippen LogP contribution in [0.15, 0.2) is 17.6 Å². The maximum Gasteiger partial charge on any atom is 0.208 e. The van der Waals surface area contributed by atoms with Crippen LogP contribution in [-0.2, 0) is 4.74 Å². The first kappa shape index (κ1) is 14.8. The molecule has 1 N–H and O–H groups in total. The SMILES string of the molecule is Cc1ccc(N[C@@H]2CO[C@@]3(CCCN(c4nncs4)C3)C2)nn1. The number of aromatic nitrogens is 4. The van der Waals surface area contributed by atoms with Crippen LogP contribution in [0.1, 0.15) is 25.0 Å². The van der Waals surface area contributed by atoms with Gasteiger partial charge in [0.2, 0.25) is 5.13 Å². The molecule has 4 heterocycles. The van der Waals surface area contributed by atoms with E-state index in [0.29, 0.717) is 6.61 Å². The smallest absolute Gasteiger partial charge is 0.208 e. The van der Waals surface area contributed by atoms with E-state index in [-0.39, 0.29) is 11.6 Å². The lowest BCUT2D eigenvalue weighted by molar-refractivity contribution is -0.00638. The molecule has 2 atom stereocenters. The minimum Gasteiger partial charge on any atom is -0.371 e. The summed E-state index contributed by atoms with van der Waals surface area (Å²) in [7, 11) is 0. The fraction of sp³-hybridized carbons (Fsp3) is 0.600. The Balaban J connectivity index is 1.41. The van der Waals surface area contributed by atoms with Gasteiger partial charge in [-0.2, -0.15) is 5.10 Å². The molecular formula is C15H20N6OS. The van der Waals surface area contributed by atoms with Gasteiger partial charge in [-0.15, -0.1) is 15.3 Å². The lowest BCUT2D eigenvalue weighted by Crippen LogP contribution is -2.48. The zero-order valence-electron chi connectivity index (χ0n) is 13.1. The Morgan fingerprint density at radius 1 is 1.35 bits per heavy atom. The van der Waals surface area contributed by atoms with Crippen LogP contribution in [0.5, 0.6) is 0 Å². The molecular weight excluding hydrogens is 312 g/mol. The third-order valence-corrected chi connectivity index (χ3v) is 5.27. The fourth-order valence-electron chi connectivity index (χ4n) is 3.47. The third kappa shape index (κ3) is 3.13. The van der Waals surface area contributed by atoms with Gasteiger partial charge in [-0.05, 0) is 31.9 Å². The zero-order valence-corrected chi connectivity index (χ0v) is 13.9. The molecule has 122 valence electrons. The Morgan fingerprint density at radius 2 is 2.30 bits per heavy atom. The molecule has 2 aliphatic rings. The van der Waals surface area contributed by atoms with Gasteiger partial charge in [0.15, 0.2) is 0 Å². The second-order valence-corrected chi connectivity index (χ2v) is 7.16. The molecule has 0 bridgehead atoms. The van der Waals surface area contributed by atoms with Crippen molar-refractivity contribution in [1.29, 1.82) is 0 Å². The van der Waals surface area contributed by atoms with Crippen LogP contribution in [-0.4, -0.2) is 51.7 Å². The predicted octanol–water partition coefficient (Wildman–Crippen LogP) is 1.88. The van der Waals surface area contributed by atoms with E-state index in [9.17, 15) is 0 Å². The Labute approximate surface area is 139 Å². The third-order valence-electron chi connectivity index (χ3n) is 4.52. The molecule has 2 aromatic heterocycles. The molecule has 2 fully saturated rings. The molecule has 2 aliphatic heterocycles. The van der Waals surface area contributed by atoms with Crippen molar-refractivity contribution in [2.45, 2.75) is 37.8 Å². The summed E-state index contributed by atoms with van der Waals surface area (Å²) in [5, 5.41) is 20.9. The van der Waals surface area contributed by atoms with E-state index in [4.69, 9.17) is 4.74 Å². The van der Waals surface area contributed by atoms with Crippen molar-refractivity contribution < 1.29 is 4.74 Å². The fourth-order valence-corrected chi connectivity index (χ4v) is 4.06. The van der Waals surface area contributed by atoms with Gasteiger partial charge in [0.05, 0.1) is 23.9 Å². The number of rotatable bonds is 3. The van der Waals surface area contributed by atoms with Gasteiger partial charge in [0.25, 0.3) is 0 Å². The van der Waals surface area contributed by atoms with Crippen molar-refractivity contribution >= 4 is 22.3 Å². The van der Waals surface area contributed by atoms with E-state index < -0.39 is 0 Å². The molecule has 1 spiro atoms. The molecule has 7 nitrogen and oxygen atoms in total. The lowest BCUT2D eigenvalue weighted by Gasteiger charge is -2.39. The molecule has 4 rings (SSSR count). The number of nitrogens with zero attached hydrogens (tertiary/aromatic N) is 5. The van der Waals surface area contributed by atoms with E-state index in [2.05, 4.69) is 30.6 Å². The molecule has 0 aliphatic carbocycles. The molecule has 0 radical (unpaired) electrons. The molecule has 0 amide bonds. The second-order valence-electron chi connectivity index (χ2n) is 6.35. The number of aryl methyl sites for hydroxylation is 1. The monoisotopic (exact) mass is 332 g/mol. The van der Waals surface area contributed by atoms with E-state index in [0.717, 1.165) is 49.0 Å². The van der Waals surface area contributed by atoms with Gasteiger partial charge in [-0.1, -0.05) is 11.3 Å². The highest BCUT2D eigenvalue weighted by atomic mass is 32.1. The summed E-state index contributed by atoms with van der Waals surface area (Å²) < 4.78 is 6.22. The number of ether oxygens (including phenoxy) is 1. The van der Waals surface area contributed by atoms with Gasteiger partial charge in [-0.25, -0.2) is 0 Å². The van der Waals surface area contributed by atoms with Gasteiger partial charge < -0.3 is 15.0 Å². The highest BCUT2D eigenvalue weighted by Crippen LogP contribution is 2.37. The summed E-state index contributed by atoms with van der Waals surface area (Å²) in [6, 6.07) is 4.22. The van der Waals surface area contributed by atoms with E-state index in [1.165, 1.54) is 0 Å². The van der Waals surface area contributed by atoms with Crippen molar-refractivity contribution in [2.24, 2.45) is 0 Å². The van der Waals surface area contributed by atoms with E-state index in [1.54, 1.807) is 16.8 Å².